The van der Waals surface area contributed by atoms with Gasteiger partial charge in [0.1, 0.15) is 16.1 Å². The fourth-order valence-electron chi connectivity index (χ4n) is 2.57. The Hall–Kier alpha value is -2.75. The molecule has 1 fully saturated rings. The number of thioether (sulfide) groups is 1. The Kier molecular flexibility index (Phi) is 6.63. The third-order valence-corrected chi connectivity index (χ3v) is 5.17. The molecule has 1 saturated heterocycles. The van der Waals surface area contributed by atoms with Crippen LogP contribution in [0.4, 0.5) is 4.39 Å². The van der Waals surface area contributed by atoms with Crippen molar-refractivity contribution in [2.75, 3.05) is 7.11 Å². The van der Waals surface area contributed by atoms with Crippen LogP contribution in [0.5, 0.6) is 11.5 Å². The summed E-state index contributed by atoms with van der Waals surface area (Å²) in [4.78, 5) is 23.5. The zero-order valence-electron chi connectivity index (χ0n) is 15.3. The van der Waals surface area contributed by atoms with Gasteiger partial charge in [-0.25, -0.2) is 4.39 Å². The van der Waals surface area contributed by atoms with Gasteiger partial charge in [0.2, 0.25) is 0 Å². The zero-order valence-corrected chi connectivity index (χ0v) is 16.9. The summed E-state index contributed by atoms with van der Waals surface area (Å²) in [7, 11) is 1.28. The van der Waals surface area contributed by atoms with E-state index in [1.165, 1.54) is 19.2 Å². The quantitative estimate of drug-likeness (QED) is 0.412. The molecule has 150 valence electrons. The number of benzene rings is 2. The minimum atomic E-state index is -0.750. The molecule has 1 atom stereocenters. The van der Waals surface area contributed by atoms with E-state index in [9.17, 15) is 14.0 Å². The van der Waals surface area contributed by atoms with Gasteiger partial charge in [0, 0.05) is 0 Å². The van der Waals surface area contributed by atoms with Crippen LogP contribution >= 0.6 is 24.0 Å². The maximum atomic E-state index is 14.4. The molecule has 1 aliphatic rings. The molecule has 6 nitrogen and oxygen atoms in total. The Morgan fingerprint density at radius 3 is 2.62 bits per heavy atom. The molecule has 0 aromatic heterocycles. The van der Waals surface area contributed by atoms with E-state index in [0.717, 1.165) is 17.3 Å². The lowest BCUT2D eigenvalue weighted by molar-refractivity contribution is -0.142. The summed E-state index contributed by atoms with van der Waals surface area (Å²) >= 11 is 6.06. The Labute approximate surface area is 176 Å². The van der Waals surface area contributed by atoms with Crippen LogP contribution in [0.1, 0.15) is 11.1 Å². The normalized spacial score (nSPS) is 15.9. The number of nitrogens with two attached hydrogens (primary N) is 1. The van der Waals surface area contributed by atoms with Crippen molar-refractivity contribution >= 4 is 46.3 Å². The number of hydrogen-bond donors (Lipinski definition) is 2. The van der Waals surface area contributed by atoms with Crippen molar-refractivity contribution in [2.45, 2.75) is 12.5 Å². The first-order chi connectivity index (χ1) is 13.9. The average molecular weight is 432 g/mol. The van der Waals surface area contributed by atoms with E-state index in [1.807, 2.05) is 0 Å². The van der Waals surface area contributed by atoms with Gasteiger partial charge in [-0.05, 0) is 47.9 Å². The maximum absolute atomic E-state index is 14.4. The summed E-state index contributed by atoms with van der Waals surface area (Å²) < 4.78 is 25.0. The second-order valence-electron chi connectivity index (χ2n) is 6.12. The number of amides is 1. The Balaban J connectivity index is 1.67. The van der Waals surface area contributed by atoms with Crippen LogP contribution in [0.15, 0.2) is 47.4 Å². The molecular formula is C20H17FN2O4S2. The molecule has 2 aromatic carbocycles. The number of carbonyl (C=O) groups is 2. The van der Waals surface area contributed by atoms with Gasteiger partial charge in [0.25, 0.3) is 5.91 Å². The number of carbonyl (C=O) groups excluding carboxylic acids is 2. The summed E-state index contributed by atoms with van der Waals surface area (Å²) in [6.07, 6.45) is 1.88. The average Bonchev–Trinajstić information content (AvgIpc) is 3.01. The largest absolute Gasteiger partial charge is 0.468 e. The molecule has 29 heavy (non-hydrogen) atoms. The van der Waals surface area contributed by atoms with Crippen molar-refractivity contribution < 1.29 is 23.5 Å². The lowest BCUT2D eigenvalue weighted by atomic mass is 10.1. The zero-order chi connectivity index (χ0) is 21.0. The van der Waals surface area contributed by atoms with Crippen LogP contribution in [0.2, 0.25) is 0 Å². The summed E-state index contributed by atoms with van der Waals surface area (Å²) in [5.74, 6) is -0.876. The monoisotopic (exact) mass is 432 g/mol. The van der Waals surface area contributed by atoms with Crippen molar-refractivity contribution in [1.82, 2.24) is 5.32 Å². The van der Waals surface area contributed by atoms with Gasteiger partial charge < -0.3 is 20.5 Å². The third kappa shape index (κ3) is 5.41. The standard InChI is InChI=1S/C20H17FN2O4S2/c1-26-19(25)15(22)9-11-2-5-13(6-3-11)27-16-7-4-12(8-14(16)21)10-17-18(24)23-20(28)29-17/h2-8,10,15H,9,22H2,1H3,(H,23,24,28)/t15-/m0/s1. The minimum absolute atomic E-state index is 0.0465. The molecule has 0 aliphatic carbocycles. The van der Waals surface area contributed by atoms with Crippen LogP contribution < -0.4 is 15.8 Å². The Bertz CT molecular complexity index is 992. The summed E-state index contributed by atoms with van der Waals surface area (Å²) in [6.45, 7) is 0. The van der Waals surface area contributed by atoms with Crippen molar-refractivity contribution in [3.05, 3.63) is 64.3 Å². The molecule has 3 N–H and O–H groups in total. The molecule has 1 amide bonds. The topological polar surface area (TPSA) is 90.7 Å². The fourth-order valence-corrected chi connectivity index (χ4v) is 3.62. The summed E-state index contributed by atoms with van der Waals surface area (Å²) in [5, 5.41) is 2.51. The van der Waals surface area contributed by atoms with E-state index >= 15 is 0 Å². The van der Waals surface area contributed by atoms with Crippen LogP contribution in [0.3, 0.4) is 0 Å². The predicted molar refractivity (Wildman–Crippen MR) is 113 cm³/mol. The molecule has 0 unspecified atom stereocenters. The van der Waals surface area contributed by atoms with Gasteiger partial charge in [0.15, 0.2) is 11.6 Å². The maximum Gasteiger partial charge on any atom is 0.322 e. The van der Waals surface area contributed by atoms with Crippen LogP contribution in [-0.4, -0.2) is 29.3 Å². The van der Waals surface area contributed by atoms with Crippen molar-refractivity contribution in [1.29, 1.82) is 0 Å². The second-order valence-corrected chi connectivity index (χ2v) is 7.84. The van der Waals surface area contributed by atoms with E-state index in [4.69, 9.17) is 22.7 Å². The molecule has 3 rings (SSSR count). The van der Waals surface area contributed by atoms with Gasteiger partial charge in [-0.1, -0.05) is 42.2 Å². The van der Waals surface area contributed by atoms with Crippen LogP contribution in [0.25, 0.3) is 6.08 Å². The molecule has 0 spiro atoms. The number of hydrogen-bond acceptors (Lipinski definition) is 7. The first kappa shape index (κ1) is 21.0. The number of esters is 1. The molecular weight excluding hydrogens is 415 g/mol. The number of rotatable bonds is 6. The molecule has 0 radical (unpaired) electrons. The highest BCUT2D eigenvalue weighted by Gasteiger charge is 2.22. The number of halogens is 1. The number of nitrogens with one attached hydrogen (secondary N) is 1. The predicted octanol–water partition coefficient (Wildman–Crippen LogP) is 3.15. The fraction of sp³-hybridized carbons (Fsp3) is 0.150. The van der Waals surface area contributed by atoms with Crippen LogP contribution in [-0.2, 0) is 20.7 Å². The molecule has 0 bridgehead atoms. The van der Waals surface area contributed by atoms with Gasteiger partial charge in [-0.2, -0.15) is 0 Å². The van der Waals surface area contributed by atoms with Crippen molar-refractivity contribution in [2.24, 2.45) is 5.73 Å². The van der Waals surface area contributed by atoms with E-state index < -0.39 is 17.8 Å². The van der Waals surface area contributed by atoms with E-state index in [2.05, 4.69) is 10.1 Å². The Morgan fingerprint density at radius 1 is 1.31 bits per heavy atom. The number of methoxy groups -OCH3 is 1. The van der Waals surface area contributed by atoms with Crippen molar-refractivity contribution in [3.8, 4) is 11.5 Å². The summed E-state index contributed by atoms with van der Waals surface area (Å²) in [6, 6.07) is 10.5. The van der Waals surface area contributed by atoms with Gasteiger partial charge in [0.05, 0.1) is 12.0 Å². The first-order valence-electron chi connectivity index (χ1n) is 8.50. The highest BCUT2D eigenvalue weighted by atomic mass is 32.2. The summed E-state index contributed by atoms with van der Waals surface area (Å²) in [5.41, 5.74) is 7.08. The number of thiocarbonyl (C=S) groups is 1. The van der Waals surface area contributed by atoms with Gasteiger partial charge in [-0.3, -0.25) is 9.59 Å². The second kappa shape index (κ2) is 9.17. The van der Waals surface area contributed by atoms with Gasteiger partial charge in [-0.15, -0.1) is 0 Å². The molecule has 1 heterocycles. The molecule has 2 aromatic rings. The van der Waals surface area contributed by atoms with Crippen molar-refractivity contribution in [3.63, 3.8) is 0 Å². The third-order valence-electron chi connectivity index (χ3n) is 4.01. The molecule has 0 saturated carbocycles. The molecule has 9 heteroatoms. The van der Waals surface area contributed by atoms with Crippen LogP contribution in [0, 0.1) is 5.82 Å². The van der Waals surface area contributed by atoms with E-state index in [-0.39, 0.29) is 11.7 Å². The Morgan fingerprint density at radius 2 is 2.03 bits per heavy atom. The highest BCUT2D eigenvalue weighted by molar-refractivity contribution is 8.26. The van der Waals surface area contributed by atoms with Gasteiger partial charge >= 0.3 is 5.97 Å². The lowest BCUT2D eigenvalue weighted by Gasteiger charge is -2.11. The number of ether oxygens (including phenoxy) is 2. The lowest BCUT2D eigenvalue weighted by Crippen LogP contribution is -2.33. The van der Waals surface area contributed by atoms with E-state index in [0.29, 0.717) is 27.0 Å². The van der Waals surface area contributed by atoms with E-state index in [1.54, 1.807) is 36.4 Å². The smallest absolute Gasteiger partial charge is 0.322 e. The SMILES string of the molecule is COC(=O)[C@@H](N)Cc1ccc(Oc2ccc(C=C3SC(=S)NC3=O)cc2F)cc1. The molecule has 1 aliphatic heterocycles. The minimum Gasteiger partial charge on any atom is -0.468 e. The highest BCUT2D eigenvalue weighted by Crippen LogP contribution is 2.29. The first-order valence-corrected chi connectivity index (χ1v) is 9.73.